The van der Waals surface area contributed by atoms with E-state index in [1.807, 2.05) is 6.92 Å². The summed E-state index contributed by atoms with van der Waals surface area (Å²) in [6.07, 6.45) is 2.17. The minimum absolute atomic E-state index is 0.441. The van der Waals surface area contributed by atoms with Crippen LogP contribution in [-0.2, 0) is 4.74 Å². The van der Waals surface area contributed by atoms with Crippen LogP contribution in [-0.4, -0.2) is 42.1 Å². The number of nitrogens with one attached hydrogen (secondary N) is 1. The molecule has 20 heavy (non-hydrogen) atoms. The van der Waals surface area contributed by atoms with Crippen LogP contribution in [0.2, 0.25) is 0 Å². The van der Waals surface area contributed by atoms with E-state index in [1.165, 1.54) is 0 Å². The molecular weight excluding hydrogens is 258 g/mol. The second-order valence-corrected chi connectivity index (χ2v) is 5.13. The zero-order valence-corrected chi connectivity index (χ0v) is 11.9. The molecule has 1 aliphatic heterocycles. The van der Waals surface area contributed by atoms with Gasteiger partial charge in [0.05, 0.1) is 17.9 Å². The number of rotatable bonds is 6. The number of nitrogens with two attached hydrogens (primary N) is 1. The van der Waals surface area contributed by atoms with Crippen LogP contribution in [0.25, 0.3) is 0 Å². The van der Waals surface area contributed by atoms with Gasteiger partial charge in [0, 0.05) is 32.6 Å². The molecule has 1 aliphatic rings. The molecule has 112 valence electrons. The van der Waals surface area contributed by atoms with E-state index in [-0.39, 0.29) is 0 Å². The summed E-state index contributed by atoms with van der Waals surface area (Å²) in [4.78, 5) is 4.32. The van der Waals surface area contributed by atoms with E-state index in [0.717, 1.165) is 6.42 Å². The summed E-state index contributed by atoms with van der Waals surface area (Å²) in [6.45, 7) is 4.25. The Hall–Kier alpha value is -1.53. The molecule has 0 radical (unpaired) electrons. The Morgan fingerprint density at radius 2 is 2.20 bits per heavy atom. The second-order valence-electron chi connectivity index (χ2n) is 5.13. The highest BCUT2D eigenvalue weighted by Gasteiger charge is 2.29. The highest BCUT2D eigenvalue weighted by Crippen LogP contribution is 2.24. The van der Waals surface area contributed by atoms with E-state index in [2.05, 4.69) is 10.3 Å². The number of anilines is 2. The van der Waals surface area contributed by atoms with Gasteiger partial charge in [-0.2, -0.15) is 4.98 Å². The van der Waals surface area contributed by atoms with Crippen molar-refractivity contribution in [2.24, 2.45) is 0 Å². The predicted octanol–water partition coefficient (Wildman–Crippen LogP) is 1.41. The average molecular weight is 281 g/mol. The zero-order valence-electron chi connectivity index (χ0n) is 11.9. The Bertz CT molecular complexity index is 434. The first-order chi connectivity index (χ1) is 9.63. The van der Waals surface area contributed by atoms with Crippen LogP contribution in [0.1, 0.15) is 26.2 Å². The van der Waals surface area contributed by atoms with Crippen molar-refractivity contribution < 1.29 is 14.6 Å². The number of ether oxygens (including phenoxy) is 2. The first kappa shape index (κ1) is 14.9. The van der Waals surface area contributed by atoms with Crippen molar-refractivity contribution in [1.29, 1.82) is 0 Å². The molecule has 2 rings (SSSR count). The van der Waals surface area contributed by atoms with Gasteiger partial charge < -0.3 is 25.6 Å². The van der Waals surface area contributed by atoms with Crippen molar-refractivity contribution in [3.63, 3.8) is 0 Å². The maximum absolute atomic E-state index is 10.4. The third-order valence-corrected chi connectivity index (χ3v) is 3.35. The van der Waals surface area contributed by atoms with Gasteiger partial charge in [-0.15, -0.1) is 0 Å². The molecule has 1 saturated heterocycles. The van der Waals surface area contributed by atoms with Gasteiger partial charge in [0.1, 0.15) is 5.82 Å². The van der Waals surface area contributed by atoms with Gasteiger partial charge in [-0.3, -0.25) is 0 Å². The summed E-state index contributed by atoms with van der Waals surface area (Å²) in [6, 6.07) is 3.55. The van der Waals surface area contributed by atoms with Crippen LogP contribution in [0.15, 0.2) is 12.1 Å². The molecule has 0 bridgehead atoms. The SMILES string of the molecule is CCCOc1nc(NCC2(O)CCOCC2)ccc1N. The Kier molecular flexibility index (Phi) is 5.03. The fourth-order valence-electron chi connectivity index (χ4n) is 2.05. The lowest BCUT2D eigenvalue weighted by Crippen LogP contribution is -2.42. The molecule has 4 N–H and O–H groups in total. The molecule has 0 atom stereocenters. The quantitative estimate of drug-likeness (QED) is 0.730. The van der Waals surface area contributed by atoms with Gasteiger partial charge in [-0.25, -0.2) is 0 Å². The fourth-order valence-corrected chi connectivity index (χ4v) is 2.05. The van der Waals surface area contributed by atoms with Crippen molar-refractivity contribution in [1.82, 2.24) is 4.98 Å². The molecule has 6 nitrogen and oxygen atoms in total. The zero-order chi connectivity index (χ0) is 14.4. The van der Waals surface area contributed by atoms with Gasteiger partial charge in [0.25, 0.3) is 0 Å². The van der Waals surface area contributed by atoms with Crippen molar-refractivity contribution in [3.05, 3.63) is 12.1 Å². The lowest BCUT2D eigenvalue weighted by molar-refractivity contribution is -0.0543. The van der Waals surface area contributed by atoms with Crippen LogP contribution in [0.3, 0.4) is 0 Å². The average Bonchev–Trinajstić information content (AvgIpc) is 2.46. The van der Waals surface area contributed by atoms with E-state index < -0.39 is 5.60 Å². The van der Waals surface area contributed by atoms with Crippen LogP contribution >= 0.6 is 0 Å². The number of aliphatic hydroxyl groups is 1. The van der Waals surface area contributed by atoms with Gasteiger partial charge >= 0.3 is 0 Å². The lowest BCUT2D eigenvalue weighted by Gasteiger charge is -2.32. The molecule has 2 heterocycles. The molecule has 0 aliphatic carbocycles. The lowest BCUT2D eigenvalue weighted by atomic mass is 9.94. The smallest absolute Gasteiger partial charge is 0.239 e. The molecule has 6 heteroatoms. The molecule has 1 fully saturated rings. The minimum Gasteiger partial charge on any atom is -0.476 e. The predicted molar refractivity (Wildman–Crippen MR) is 77.9 cm³/mol. The largest absolute Gasteiger partial charge is 0.476 e. The summed E-state index contributed by atoms with van der Waals surface area (Å²) in [5, 5.41) is 13.5. The Morgan fingerprint density at radius 3 is 2.90 bits per heavy atom. The van der Waals surface area contributed by atoms with Gasteiger partial charge in [-0.05, 0) is 18.6 Å². The van der Waals surface area contributed by atoms with Crippen LogP contribution in [0, 0.1) is 0 Å². The third-order valence-electron chi connectivity index (χ3n) is 3.35. The van der Waals surface area contributed by atoms with Crippen molar-refractivity contribution in [2.75, 3.05) is 37.4 Å². The summed E-state index contributed by atoms with van der Waals surface area (Å²) >= 11 is 0. The Labute approximate surface area is 119 Å². The highest BCUT2D eigenvalue weighted by atomic mass is 16.5. The maximum Gasteiger partial charge on any atom is 0.239 e. The molecule has 0 aromatic carbocycles. The summed E-state index contributed by atoms with van der Waals surface area (Å²) in [5.41, 5.74) is 5.61. The minimum atomic E-state index is -0.730. The number of hydrogen-bond donors (Lipinski definition) is 3. The molecule has 0 amide bonds. The first-order valence-electron chi connectivity index (χ1n) is 7.06. The number of aromatic nitrogens is 1. The molecule has 1 aromatic rings. The molecule has 0 saturated carbocycles. The van der Waals surface area contributed by atoms with Gasteiger partial charge in [-0.1, -0.05) is 6.92 Å². The number of hydrogen-bond acceptors (Lipinski definition) is 6. The van der Waals surface area contributed by atoms with Crippen molar-refractivity contribution >= 4 is 11.5 Å². The Morgan fingerprint density at radius 1 is 1.45 bits per heavy atom. The van der Waals surface area contributed by atoms with Crippen molar-refractivity contribution in [2.45, 2.75) is 31.8 Å². The van der Waals surface area contributed by atoms with Crippen LogP contribution in [0.4, 0.5) is 11.5 Å². The van der Waals surface area contributed by atoms with Gasteiger partial charge in [0.15, 0.2) is 0 Å². The summed E-state index contributed by atoms with van der Waals surface area (Å²) < 4.78 is 10.7. The number of nitrogen functional groups attached to an aromatic ring is 1. The highest BCUT2D eigenvalue weighted by molar-refractivity contribution is 5.53. The normalized spacial score (nSPS) is 17.7. The number of pyridine rings is 1. The monoisotopic (exact) mass is 281 g/mol. The van der Waals surface area contributed by atoms with E-state index in [1.54, 1.807) is 12.1 Å². The second kappa shape index (κ2) is 6.76. The summed E-state index contributed by atoms with van der Waals surface area (Å²) in [5.74, 6) is 1.10. The standard InChI is InChI=1S/C14H23N3O3/c1-2-7-20-13-11(15)3-4-12(17-13)16-10-14(18)5-8-19-9-6-14/h3-4,18H,2,5-10,15H2,1H3,(H,16,17). The van der Waals surface area contributed by atoms with Crippen LogP contribution in [0.5, 0.6) is 5.88 Å². The van der Waals surface area contributed by atoms with E-state index in [4.69, 9.17) is 15.2 Å². The Balaban J connectivity index is 1.95. The van der Waals surface area contributed by atoms with Crippen molar-refractivity contribution in [3.8, 4) is 5.88 Å². The molecule has 1 aromatic heterocycles. The van der Waals surface area contributed by atoms with E-state index >= 15 is 0 Å². The molecule has 0 unspecified atom stereocenters. The maximum atomic E-state index is 10.4. The summed E-state index contributed by atoms with van der Waals surface area (Å²) in [7, 11) is 0. The number of nitrogens with zero attached hydrogens (tertiary/aromatic N) is 1. The van der Waals surface area contributed by atoms with E-state index in [9.17, 15) is 5.11 Å². The van der Waals surface area contributed by atoms with E-state index in [0.29, 0.717) is 56.6 Å². The topological polar surface area (TPSA) is 89.6 Å². The van der Waals surface area contributed by atoms with Crippen LogP contribution < -0.4 is 15.8 Å². The van der Waals surface area contributed by atoms with Gasteiger partial charge in [0.2, 0.25) is 5.88 Å². The first-order valence-corrected chi connectivity index (χ1v) is 7.06. The molecular formula is C14H23N3O3. The third kappa shape index (κ3) is 3.98. The fraction of sp³-hybridized carbons (Fsp3) is 0.643. The molecule has 0 spiro atoms.